The Morgan fingerprint density at radius 1 is 1.19 bits per heavy atom. The number of anilines is 1. The summed E-state index contributed by atoms with van der Waals surface area (Å²) in [5.41, 5.74) is 1.54. The summed E-state index contributed by atoms with van der Waals surface area (Å²) in [7, 11) is 0. The first-order valence-electron chi connectivity index (χ1n) is 9.76. The van der Waals surface area contributed by atoms with E-state index >= 15 is 0 Å². The average Bonchev–Trinajstić information content (AvgIpc) is 3.40. The van der Waals surface area contributed by atoms with Crippen LogP contribution >= 0.6 is 11.3 Å². The van der Waals surface area contributed by atoms with Crippen LogP contribution in [0.2, 0.25) is 0 Å². The van der Waals surface area contributed by atoms with E-state index in [4.69, 9.17) is 4.74 Å². The number of nitrogens with zero attached hydrogens (tertiary/aromatic N) is 2. The largest absolute Gasteiger partial charge is 0.503 e. The van der Waals surface area contributed by atoms with Gasteiger partial charge in [0.15, 0.2) is 16.7 Å². The zero-order valence-corrected chi connectivity index (χ0v) is 17.6. The highest BCUT2D eigenvalue weighted by Gasteiger charge is 2.44. The quantitative estimate of drug-likeness (QED) is 0.546. The fraction of sp³-hybridized carbons (Fsp3) is 0.125. The molecule has 0 radical (unpaired) electrons. The normalized spacial score (nSPS) is 16.4. The number of aliphatic hydroxyl groups excluding tert-OH is 1. The van der Waals surface area contributed by atoms with Crippen LogP contribution < -0.4 is 9.64 Å². The molecule has 0 saturated heterocycles. The molecule has 6 nitrogen and oxygen atoms in total. The van der Waals surface area contributed by atoms with E-state index in [1.54, 1.807) is 41.9 Å². The Labute approximate surface area is 183 Å². The molecule has 4 rings (SSSR count). The third-order valence-corrected chi connectivity index (χ3v) is 5.60. The van der Waals surface area contributed by atoms with Gasteiger partial charge in [0.1, 0.15) is 5.75 Å². The van der Waals surface area contributed by atoms with Crippen molar-refractivity contribution in [3.05, 3.63) is 94.7 Å². The lowest BCUT2D eigenvalue weighted by Gasteiger charge is -2.24. The van der Waals surface area contributed by atoms with Gasteiger partial charge in [0.05, 0.1) is 18.2 Å². The van der Waals surface area contributed by atoms with Crippen LogP contribution in [0.15, 0.2) is 83.6 Å². The lowest BCUT2D eigenvalue weighted by atomic mass is 9.95. The van der Waals surface area contributed by atoms with E-state index < -0.39 is 23.5 Å². The molecule has 0 saturated carbocycles. The molecule has 1 aromatic heterocycles. The highest BCUT2D eigenvalue weighted by Crippen LogP contribution is 2.42. The second-order valence-corrected chi connectivity index (χ2v) is 7.64. The molecule has 1 aliphatic rings. The monoisotopic (exact) mass is 432 g/mol. The summed E-state index contributed by atoms with van der Waals surface area (Å²) in [6, 6.07) is 15.7. The van der Waals surface area contributed by atoms with E-state index in [2.05, 4.69) is 4.98 Å². The van der Waals surface area contributed by atoms with Crippen LogP contribution in [-0.2, 0) is 9.59 Å². The Hall–Kier alpha value is -3.71. The summed E-state index contributed by atoms with van der Waals surface area (Å²) < 4.78 is 5.50. The van der Waals surface area contributed by atoms with Crippen molar-refractivity contribution in [2.75, 3.05) is 11.5 Å². The SMILES string of the molecule is CCOc1ccc(C2C(C(=O)/C=C/c3ccccc3)=C(O)C(=O)N2c2nccs2)cc1. The van der Waals surface area contributed by atoms with E-state index in [9.17, 15) is 14.7 Å². The summed E-state index contributed by atoms with van der Waals surface area (Å²) in [5.74, 6) is -0.962. The fourth-order valence-corrected chi connectivity index (χ4v) is 4.11. The van der Waals surface area contributed by atoms with Crippen molar-refractivity contribution in [1.29, 1.82) is 0 Å². The number of carbonyl (C=O) groups excluding carboxylic acids is 2. The highest BCUT2D eigenvalue weighted by molar-refractivity contribution is 7.13. The Kier molecular flexibility index (Phi) is 5.95. The third kappa shape index (κ3) is 4.13. The van der Waals surface area contributed by atoms with Crippen LogP contribution in [0.4, 0.5) is 5.13 Å². The molecule has 31 heavy (non-hydrogen) atoms. The molecule has 0 bridgehead atoms. The minimum atomic E-state index is -0.790. The second-order valence-electron chi connectivity index (χ2n) is 6.76. The van der Waals surface area contributed by atoms with Gasteiger partial charge in [0.2, 0.25) is 0 Å². The predicted octanol–water partition coefficient (Wildman–Crippen LogP) is 4.72. The molecule has 0 fully saturated rings. The molecule has 1 amide bonds. The van der Waals surface area contributed by atoms with Crippen LogP contribution in [-0.4, -0.2) is 28.4 Å². The number of aromatic nitrogens is 1. The minimum Gasteiger partial charge on any atom is -0.503 e. The first-order chi connectivity index (χ1) is 15.1. The minimum absolute atomic E-state index is 0.0246. The third-order valence-electron chi connectivity index (χ3n) is 4.83. The van der Waals surface area contributed by atoms with Crippen LogP contribution in [0.25, 0.3) is 6.08 Å². The molecular weight excluding hydrogens is 412 g/mol. The molecule has 1 aliphatic heterocycles. The molecule has 1 atom stereocenters. The van der Waals surface area contributed by atoms with E-state index in [1.165, 1.54) is 22.3 Å². The van der Waals surface area contributed by atoms with Gasteiger partial charge in [-0.2, -0.15) is 0 Å². The molecule has 156 valence electrons. The van der Waals surface area contributed by atoms with Gasteiger partial charge < -0.3 is 9.84 Å². The number of hydrogen-bond donors (Lipinski definition) is 1. The lowest BCUT2D eigenvalue weighted by Crippen LogP contribution is -2.30. The number of rotatable bonds is 7. The summed E-state index contributed by atoms with van der Waals surface area (Å²) in [6.45, 7) is 2.42. The van der Waals surface area contributed by atoms with Crippen LogP contribution in [0.5, 0.6) is 5.75 Å². The number of carbonyl (C=O) groups is 2. The van der Waals surface area contributed by atoms with Crippen molar-refractivity contribution in [3.8, 4) is 5.75 Å². The number of ether oxygens (including phenoxy) is 1. The summed E-state index contributed by atoms with van der Waals surface area (Å²) in [6.07, 6.45) is 4.62. The van der Waals surface area contributed by atoms with E-state index in [0.29, 0.717) is 23.1 Å². The Morgan fingerprint density at radius 3 is 2.58 bits per heavy atom. The summed E-state index contributed by atoms with van der Waals surface area (Å²) >= 11 is 1.26. The lowest BCUT2D eigenvalue weighted by molar-refractivity contribution is -0.117. The molecule has 2 aromatic carbocycles. The van der Waals surface area contributed by atoms with Gasteiger partial charge in [0, 0.05) is 11.6 Å². The maximum atomic E-state index is 13.1. The summed E-state index contributed by atoms with van der Waals surface area (Å²) in [5, 5.41) is 12.8. The van der Waals surface area contributed by atoms with Gasteiger partial charge in [-0.1, -0.05) is 48.5 Å². The van der Waals surface area contributed by atoms with Crippen molar-refractivity contribution in [3.63, 3.8) is 0 Å². The van der Waals surface area contributed by atoms with Crippen molar-refractivity contribution in [2.45, 2.75) is 13.0 Å². The number of hydrogen-bond acceptors (Lipinski definition) is 6. The molecule has 3 aromatic rings. The predicted molar refractivity (Wildman–Crippen MR) is 120 cm³/mol. The second kappa shape index (κ2) is 8.97. The van der Waals surface area contributed by atoms with Crippen molar-refractivity contribution < 1.29 is 19.4 Å². The molecule has 1 unspecified atom stereocenters. The molecular formula is C24H20N2O4S. The molecule has 0 aliphatic carbocycles. The van der Waals surface area contributed by atoms with E-state index in [0.717, 1.165) is 5.56 Å². The van der Waals surface area contributed by atoms with Crippen LogP contribution in [0, 0.1) is 0 Å². The van der Waals surface area contributed by atoms with Gasteiger partial charge in [-0.05, 0) is 36.3 Å². The van der Waals surface area contributed by atoms with Crippen LogP contribution in [0.1, 0.15) is 24.1 Å². The topological polar surface area (TPSA) is 79.7 Å². The first kappa shape index (κ1) is 20.6. The smallest absolute Gasteiger partial charge is 0.296 e. The number of amides is 1. The molecule has 2 heterocycles. The molecule has 7 heteroatoms. The maximum Gasteiger partial charge on any atom is 0.296 e. The zero-order valence-electron chi connectivity index (χ0n) is 16.8. The number of benzene rings is 2. The Morgan fingerprint density at radius 2 is 1.94 bits per heavy atom. The van der Waals surface area contributed by atoms with E-state index in [-0.39, 0.29) is 5.57 Å². The van der Waals surface area contributed by atoms with Gasteiger partial charge in [-0.3, -0.25) is 14.5 Å². The van der Waals surface area contributed by atoms with Crippen molar-refractivity contribution >= 4 is 34.2 Å². The first-order valence-corrected chi connectivity index (χ1v) is 10.6. The van der Waals surface area contributed by atoms with E-state index in [1.807, 2.05) is 37.3 Å². The number of thiazole rings is 1. The molecule has 1 N–H and O–H groups in total. The number of allylic oxidation sites excluding steroid dienone is 1. The van der Waals surface area contributed by atoms with Crippen molar-refractivity contribution in [1.82, 2.24) is 4.98 Å². The highest BCUT2D eigenvalue weighted by atomic mass is 32.1. The number of aliphatic hydroxyl groups is 1. The van der Waals surface area contributed by atoms with Crippen LogP contribution in [0.3, 0.4) is 0 Å². The van der Waals surface area contributed by atoms with Gasteiger partial charge in [-0.25, -0.2) is 4.98 Å². The summed E-state index contributed by atoms with van der Waals surface area (Å²) in [4.78, 5) is 31.6. The van der Waals surface area contributed by atoms with Gasteiger partial charge in [0.25, 0.3) is 5.91 Å². The van der Waals surface area contributed by atoms with Crippen molar-refractivity contribution in [2.24, 2.45) is 0 Å². The fourth-order valence-electron chi connectivity index (χ4n) is 3.44. The van der Waals surface area contributed by atoms with Gasteiger partial charge >= 0.3 is 0 Å². The maximum absolute atomic E-state index is 13.1. The average molecular weight is 433 g/mol. The Bertz CT molecular complexity index is 1140. The molecule has 0 spiro atoms. The Balaban J connectivity index is 1.74. The number of ketones is 1. The zero-order chi connectivity index (χ0) is 21.8. The van der Waals surface area contributed by atoms with Gasteiger partial charge in [-0.15, -0.1) is 11.3 Å². The standard InChI is InChI=1S/C24H20N2O4S/c1-2-30-18-11-9-17(10-12-18)21-20(19(27)13-8-16-6-4-3-5-7-16)22(28)23(29)26(21)24-25-14-15-31-24/h3-15,21,28H,2H2,1H3/b13-8+.